The van der Waals surface area contributed by atoms with Crippen LogP contribution in [0.4, 0.5) is 4.39 Å². The van der Waals surface area contributed by atoms with Crippen LogP contribution in [0.5, 0.6) is 0 Å². The molecule has 0 fully saturated rings. The van der Waals surface area contributed by atoms with E-state index in [9.17, 15) is 14.0 Å². The fourth-order valence-corrected chi connectivity index (χ4v) is 2.45. The fraction of sp³-hybridized carbons (Fsp3) is 0.154. The van der Waals surface area contributed by atoms with Crippen molar-refractivity contribution < 1.29 is 23.5 Å². The maximum Gasteiger partial charge on any atom is 0.350 e. The lowest BCUT2D eigenvalue weighted by Crippen LogP contribution is -2.10. The summed E-state index contributed by atoms with van der Waals surface area (Å²) in [6.45, 7) is 0. The van der Waals surface area contributed by atoms with Gasteiger partial charge in [0.15, 0.2) is 0 Å². The molecule has 2 aromatic rings. The molecule has 0 unspecified atom stereocenters. The van der Waals surface area contributed by atoms with Gasteiger partial charge in [0.05, 0.1) is 14.2 Å². The second-order valence-electron chi connectivity index (χ2n) is 3.70. The molecule has 0 radical (unpaired) electrons. The van der Waals surface area contributed by atoms with Gasteiger partial charge < -0.3 is 9.47 Å². The first kappa shape index (κ1) is 14.1. The van der Waals surface area contributed by atoms with Crippen molar-refractivity contribution >= 4 is 23.5 Å². The van der Waals surface area contributed by atoms with Crippen LogP contribution in [0.2, 0.25) is 0 Å². The topological polar surface area (TPSA) is 65.5 Å². The van der Waals surface area contributed by atoms with Gasteiger partial charge in [-0.3, -0.25) is 0 Å². The number of halogens is 1. The molecular weight excluding hydrogens is 285 g/mol. The van der Waals surface area contributed by atoms with Gasteiger partial charge in [0.1, 0.15) is 22.0 Å². The lowest BCUT2D eigenvalue weighted by atomic mass is 10.1. The molecule has 0 N–H and O–H groups in total. The molecule has 2 rings (SSSR count). The highest BCUT2D eigenvalue weighted by molar-refractivity contribution is 7.08. The maximum absolute atomic E-state index is 13.8. The number of benzene rings is 1. The lowest BCUT2D eigenvalue weighted by Gasteiger charge is -2.04. The number of carbonyl (C=O) groups excluding carboxylic acids is 2. The van der Waals surface area contributed by atoms with E-state index in [2.05, 4.69) is 13.8 Å². The smallest absolute Gasteiger partial charge is 0.350 e. The SMILES string of the molecule is COC(=O)c1snc(-c2ccccc2F)c1C(=O)OC. The number of hydrogen-bond donors (Lipinski definition) is 0. The van der Waals surface area contributed by atoms with Crippen LogP contribution in [0.3, 0.4) is 0 Å². The molecule has 0 atom stereocenters. The predicted molar refractivity (Wildman–Crippen MR) is 70.2 cm³/mol. The van der Waals surface area contributed by atoms with Gasteiger partial charge in [-0.25, -0.2) is 14.0 Å². The van der Waals surface area contributed by atoms with E-state index in [0.717, 1.165) is 11.5 Å². The molecule has 5 nitrogen and oxygen atoms in total. The van der Waals surface area contributed by atoms with Crippen molar-refractivity contribution in [3.63, 3.8) is 0 Å². The summed E-state index contributed by atoms with van der Waals surface area (Å²) >= 11 is 0.764. The van der Waals surface area contributed by atoms with Crippen molar-refractivity contribution in [3.8, 4) is 11.3 Å². The first-order valence-electron chi connectivity index (χ1n) is 5.51. The van der Waals surface area contributed by atoms with E-state index in [1.807, 2.05) is 0 Å². The van der Waals surface area contributed by atoms with Crippen LogP contribution in [0, 0.1) is 5.82 Å². The van der Waals surface area contributed by atoms with Gasteiger partial charge in [-0.15, -0.1) is 0 Å². The van der Waals surface area contributed by atoms with Gasteiger partial charge in [-0.1, -0.05) is 12.1 Å². The Kier molecular flexibility index (Phi) is 4.09. The van der Waals surface area contributed by atoms with E-state index >= 15 is 0 Å². The van der Waals surface area contributed by atoms with Crippen LogP contribution in [0.1, 0.15) is 20.0 Å². The number of methoxy groups -OCH3 is 2. The summed E-state index contributed by atoms with van der Waals surface area (Å²) in [6.07, 6.45) is 0. The molecule has 0 bridgehead atoms. The minimum atomic E-state index is -0.766. The zero-order valence-corrected chi connectivity index (χ0v) is 11.5. The van der Waals surface area contributed by atoms with E-state index in [4.69, 9.17) is 0 Å². The molecule has 1 aromatic heterocycles. The summed E-state index contributed by atoms with van der Waals surface area (Å²) < 4.78 is 27.0. The molecule has 1 aromatic carbocycles. The zero-order chi connectivity index (χ0) is 14.7. The van der Waals surface area contributed by atoms with Crippen LogP contribution >= 0.6 is 11.5 Å². The van der Waals surface area contributed by atoms with Gasteiger partial charge in [-0.2, -0.15) is 4.37 Å². The van der Waals surface area contributed by atoms with Crippen molar-refractivity contribution in [2.75, 3.05) is 14.2 Å². The molecule has 0 saturated carbocycles. The molecule has 0 spiro atoms. The van der Waals surface area contributed by atoms with Crippen molar-refractivity contribution in [1.82, 2.24) is 4.37 Å². The van der Waals surface area contributed by atoms with E-state index in [1.54, 1.807) is 6.07 Å². The average Bonchev–Trinajstić information content (AvgIpc) is 2.90. The Bertz CT molecular complexity index is 668. The molecule has 0 aliphatic carbocycles. The third kappa shape index (κ3) is 2.39. The number of carbonyl (C=O) groups is 2. The van der Waals surface area contributed by atoms with Crippen LogP contribution in [-0.4, -0.2) is 30.5 Å². The Balaban J connectivity index is 2.66. The molecule has 0 aliphatic rings. The number of hydrogen-bond acceptors (Lipinski definition) is 6. The van der Waals surface area contributed by atoms with Crippen LogP contribution < -0.4 is 0 Å². The Hall–Kier alpha value is -2.28. The van der Waals surface area contributed by atoms with Crippen molar-refractivity contribution in [2.24, 2.45) is 0 Å². The number of esters is 2. The van der Waals surface area contributed by atoms with E-state index in [1.165, 1.54) is 32.4 Å². The summed E-state index contributed by atoms with van der Waals surface area (Å²) in [5.41, 5.74) is 0.106. The van der Waals surface area contributed by atoms with Crippen molar-refractivity contribution in [1.29, 1.82) is 0 Å². The standard InChI is InChI=1S/C13H10FNO4S/c1-18-12(16)9-10(7-5-3-4-6-8(7)14)15-20-11(9)13(17)19-2/h3-6H,1-2H3. The number of ether oxygens (including phenoxy) is 2. The molecule has 20 heavy (non-hydrogen) atoms. The minimum Gasteiger partial charge on any atom is -0.465 e. The lowest BCUT2D eigenvalue weighted by molar-refractivity contribution is 0.0560. The third-order valence-electron chi connectivity index (χ3n) is 2.58. The zero-order valence-electron chi connectivity index (χ0n) is 10.7. The van der Waals surface area contributed by atoms with Gasteiger partial charge in [-0.05, 0) is 23.7 Å². The summed E-state index contributed by atoms with van der Waals surface area (Å²) in [7, 11) is 2.36. The molecular formula is C13H10FNO4S. The predicted octanol–water partition coefficient (Wildman–Crippen LogP) is 2.52. The molecule has 0 saturated heterocycles. The maximum atomic E-state index is 13.8. The molecule has 0 aliphatic heterocycles. The Morgan fingerprint density at radius 1 is 1.15 bits per heavy atom. The average molecular weight is 295 g/mol. The van der Waals surface area contributed by atoms with Gasteiger partial charge in [0.2, 0.25) is 0 Å². The largest absolute Gasteiger partial charge is 0.465 e. The molecule has 104 valence electrons. The Morgan fingerprint density at radius 2 is 1.80 bits per heavy atom. The number of rotatable bonds is 3. The quantitative estimate of drug-likeness (QED) is 0.814. The highest BCUT2D eigenvalue weighted by atomic mass is 32.1. The second-order valence-corrected chi connectivity index (χ2v) is 4.47. The molecule has 7 heteroatoms. The van der Waals surface area contributed by atoms with E-state index < -0.39 is 17.8 Å². The monoisotopic (exact) mass is 295 g/mol. The van der Waals surface area contributed by atoms with Gasteiger partial charge in [0, 0.05) is 5.56 Å². The van der Waals surface area contributed by atoms with Crippen LogP contribution in [0.15, 0.2) is 24.3 Å². The number of aromatic nitrogens is 1. The highest BCUT2D eigenvalue weighted by Gasteiger charge is 2.28. The third-order valence-corrected chi connectivity index (χ3v) is 3.41. The summed E-state index contributed by atoms with van der Waals surface area (Å²) in [5.74, 6) is -2.03. The minimum absolute atomic E-state index is 0.0161. The fourth-order valence-electron chi connectivity index (χ4n) is 1.65. The van der Waals surface area contributed by atoms with Crippen LogP contribution in [-0.2, 0) is 9.47 Å². The van der Waals surface area contributed by atoms with Gasteiger partial charge >= 0.3 is 11.9 Å². The Morgan fingerprint density at radius 3 is 2.40 bits per heavy atom. The van der Waals surface area contributed by atoms with E-state index in [-0.39, 0.29) is 21.7 Å². The number of nitrogens with zero attached hydrogens (tertiary/aromatic N) is 1. The van der Waals surface area contributed by atoms with Crippen molar-refractivity contribution in [2.45, 2.75) is 0 Å². The first-order chi connectivity index (χ1) is 9.60. The van der Waals surface area contributed by atoms with Crippen molar-refractivity contribution in [3.05, 3.63) is 40.5 Å². The highest BCUT2D eigenvalue weighted by Crippen LogP contribution is 2.31. The first-order valence-corrected chi connectivity index (χ1v) is 6.28. The van der Waals surface area contributed by atoms with Gasteiger partial charge in [0.25, 0.3) is 0 Å². The summed E-state index contributed by atoms with van der Waals surface area (Å²) in [4.78, 5) is 23.5. The van der Waals surface area contributed by atoms with E-state index in [0.29, 0.717) is 0 Å². The second kappa shape index (κ2) is 5.79. The Labute approximate surface area is 118 Å². The van der Waals surface area contributed by atoms with Crippen LogP contribution in [0.25, 0.3) is 11.3 Å². The summed E-state index contributed by atoms with van der Waals surface area (Å²) in [5, 5.41) is 0. The molecule has 1 heterocycles. The summed E-state index contributed by atoms with van der Waals surface area (Å²) in [6, 6.07) is 5.84. The molecule has 0 amide bonds. The normalized spacial score (nSPS) is 10.2.